The van der Waals surface area contributed by atoms with E-state index in [2.05, 4.69) is 24.8 Å². The van der Waals surface area contributed by atoms with Gasteiger partial charge in [0.2, 0.25) is 5.95 Å². The lowest BCUT2D eigenvalue weighted by molar-refractivity contribution is 0.591. The Labute approximate surface area is 135 Å². The van der Waals surface area contributed by atoms with E-state index in [1.54, 1.807) is 18.5 Å². The van der Waals surface area contributed by atoms with Crippen LogP contribution in [0.4, 0.5) is 19.9 Å². The largest absolute Gasteiger partial charge is 0.345 e. The molecule has 2 aromatic heterocycles. The first-order valence-electron chi connectivity index (χ1n) is 7.23. The molecule has 0 bridgehead atoms. The Morgan fingerprint density at radius 3 is 2.39 bits per heavy atom. The van der Waals surface area contributed by atoms with Crippen LogP contribution in [0.5, 0.6) is 0 Å². The van der Waals surface area contributed by atoms with E-state index in [0.717, 1.165) is 37.4 Å². The van der Waals surface area contributed by atoms with E-state index in [-0.39, 0.29) is 5.52 Å². The maximum Gasteiger partial charge on any atom is 0.225 e. The number of hydrogen-bond donors (Lipinski definition) is 0. The van der Waals surface area contributed by atoms with Gasteiger partial charge in [-0.2, -0.15) is 0 Å². The van der Waals surface area contributed by atoms with Gasteiger partial charge >= 0.3 is 0 Å². The van der Waals surface area contributed by atoms with Gasteiger partial charge in [0.25, 0.3) is 0 Å². The minimum atomic E-state index is -0.612. The van der Waals surface area contributed by atoms with E-state index in [9.17, 15) is 8.78 Å². The lowest BCUT2D eigenvalue weighted by atomic mass is 10.3. The van der Waals surface area contributed by atoms with Gasteiger partial charge < -0.3 is 9.80 Å². The van der Waals surface area contributed by atoms with Gasteiger partial charge in [-0.15, -0.1) is 0 Å². The third kappa shape index (κ3) is 2.70. The number of halogens is 2. The average molecular weight is 333 g/mol. The van der Waals surface area contributed by atoms with Crippen molar-refractivity contribution in [3.05, 3.63) is 42.2 Å². The van der Waals surface area contributed by atoms with Crippen molar-refractivity contribution in [2.24, 2.45) is 0 Å². The molecule has 1 saturated heterocycles. The minimum absolute atomic E-state index is 0.236. The van der Waals surface area contributed by atoms with Crippen LogP contribution in [0.15, 0.2) is 30.6 Å². The SMILES string of the molecule is Fc1cc(F)c2nc(N3CCN(c4ncccn4)CC3)sc2c1. The Balaban J connectivity index is 1.53. The van der Waals surface area contributed by atoms with Crippen molar-refractivity contribution < 1.29 is 8.78 Å². The summed E-state index contributed by atoms with van der Waals surface area (Å²) in [5.74, 6) is -0.473. The number of benzene rings is 1. The highest BCUT2D eigenvalue weighted by Gasteiger charge is 2.22. The molecule has 3 heterocycles. The fourth-order valence-corrected chi connectivity index (χ4v) is 3.69. The third-order valence-corrected chi connectivity index (χ3v) is 4.85. The molecular weight excluding hydrogens is 320 g/mol. The van der Waals surface area contributed by atoms with Crippen LogP contribution in [-0.2, 0) is 0 Å². The number of nitrogens with zero attached hydrogens (tertiary/aromatic N) is 5. The second kappa shape index (κ2) is 5.69. The lowest BCUT2D eigenvalue weighted by Crippen LogP contribution is -2.47. The van der Waals surface area contributed by atoms with Crippen molar-refractivity contribution in [3.63, 3.8) is 0 Å². The zero-order valence-corrected chi connectivity index (χ0v) is 12.9. The van der Waals surface area contributed by atoms with Crippen molar-refractivity contribution in [1.29, 1.82) is 0 Å². The summed E-state index contributed by atoms with van der Waals surface area (Å²) in [4.78, 5) is 17.0. The molecule has 0 amide bonds. The predicted molar refractivity (Wildman–Crippen MR) is 86.0 cm³/mol. The minimum Gasteiger partial charge on any atom is -0.345 e. The van der Waals surface area contributed by atoms with Crippen molar-refractivity contribution in [1.82, 2.24) is 15.0 Å². The zero-order chi connectivity index (χ0) is 15.8. The summed E-state index contributed by atoms with van der Waals surface area (Å²) in [6.45, 7) is 3.00. The molecule has 0 saturated carbocycles. The van der Waals surface area contributed by atoms with E-state index in [0.29, 0.717) is 10.6 Å². The molecule has 1 fully saturated rings. The van der Waals surface area contributed by atoms with Gasteiger partial charge in [-0.25, -0.2) is 23.7 Å². The summed E-state index contributed by atoms with van der Waals surface area (Å²) in [6, 6.07) is 3.98. The Morgan fingerprint density at radius 1 is 0.957 bits per heavy atom. The van der Waals surface area contributed by atoms with Gasteiger partial charge in [0, 0.05) is 44.6 Å². The Morgan fingerprint density at radius 2 is 1.65 bits per heavy atom. The molecule has 0 spiro atoms. The molecule has 8 heteroatoms. The number of anilines is 2. The Hall–Kier alpha value is -2.35. The second-order valence-electron chi connectivity index (χ2n) is 5.25. The van der Waals surface area contributed by atoms with Gasteiger partial charge in [-0.1, -0.05) is 11.3 Å². The molecule has 5 nitrogen and oxygen atoms in total. The van der Waals surface area contributed by atoms with Gasteiger partial charge in [0.1, 0.15) is 11.3 Å². The van der Waals surface area contributed by atoms with Gasteiger partial charge in [0.05, 0.1) is 4.70 Å². The summed E-state index contributed by atoms with van der Waals surface area (Å²) < 4.78 is 27.6. The lowest BCUT2D eigenvalue weighted by Gasteiger charge is -2.34. The first-order valence-corrected chi connectivity index (χ1v) is 8.05. The van der Waals surface area contributed by atoms with Gasteiger partial charge in [-0.05, 0) is 12.1 Å². The van der Waals surface area contributed by atoms with Crippen molar-refractivity contribution >= 4 is 32.6 Å². The van der Waals surface area contributed by atoms with Crippen LogP contribution >= 0.6 is 11.3 Å². The summed E-state index contributed by atoms with van der Waals surface area (Å²) in [5.41, 5.74) is 0.236. The molecule has 0 radical (unpaired) electrons. The molecule has 0 atom stereocenters. The Bertz CT molecular complexity index is 831. The van der Waals surface area contributed by atoms with E-state index < -0.39 is 11.6 Å². The van der Waals surface area contributed by atoms with Gasteiger partial charge in [0.15, 0.2) is 10.9 Å². The summed E-state index contributed by atoms with van der Waals surface area (Å²) >= 11 is 1.31. The molecular formula is C15H13F2N5S. The smallest absolute Gasteiger partial charge is 0.225 e. The molecule has 0 unspecified atom stereocenters. The summed E-state index contributed by atoms with van der Waals surface area (Å²) in [6.07, 6.45) is 3.44. The molecule has 3 aromatic rings. The van der Waals surface area contributed by atoms with Crippen LogP contribution < -0.4 is 9.80 Å². The highest BCUT2D eigenvalue weighted by atomic mass is 32.1. The van der Waals surface area contributed by atoms with Crippen molar-refractivity contribution in [2.45, 2.75) is 0 Å². The predicted octanol–water partition coefficient (Wildman–Crippen LogP) is 2.69. The van der Waals surface area contributed by atoms with Crippen LogP contribution in [0.2, 0.25) is 0 Å². The topological polar surface area (TPSA) is 45.2 Å². The van der Waals surface area contributed by atoms with Crippen molar-refractivity contribution in [3.8, 4) is 0 Å². The fourth-order valence-electron chi connectivity index (χ4n) is 2.63. The maximum atomic E-state index is 13.8. The van der Waals surface area contributed by atoms with Crippen molar-refractivity contribution in [2.75, 3.05) is 36.0 Å². The van der Waals surface area contributed by atoms with E-state index in [1.807, 2.05) is 0 Å². The molecule has 0 aliphatic carbocycles. The standard InChI is InChI=1S/C15H13F2N5S/c16-10-8-11(17)13-12(9-10)23-15(20-13)22-6-4-21(5-7-22)14-18-2-1-3-19-14/h1-3,8-9H,4-7H2. The van der Waals surface area contributed by atoms with Crippen LogP contribution in [0.1, 0.15) is 0 Å². The first kappa shape index (κ1) is 14.3. The van der Waals surface area contributed by atoms with Crippen LogP contribution in [0.3, 0.4) is 0 Å². The Kier molecular flexibility index (Phi) is 3.53. The summed E-state index contributed by atoms with van der Waals surface area (Å²) in [5, 5.41) is 0.720. The highest BCUT2D eigenvalue weighted by Crippen LogP contribution is 2.31. The zero-order valence-electron chi connectivity index (χ0n) is 12.1. The fraction of sp³-hybridized carbons (Fsp3) is 0.267. The first-order chi connectivity index (χ1) is 11.2. The molecule has 0 N–H and O–H groups in total. The van der Waals surface area contributed by atoms with Crippen LogP contribution in [0.25, 0.3) is 10.2 Å². The second-order valence-corrected chi connectivity index (χ2v) is 6.26. The van der Waals surface area contributed by atoms with E-state index in [1.165, 1.54) is 17.4 Å². The monoisotopic (exact) mass is 333 g/mol. The normalized spacial score (nSPS) is 15.4. The average Bonchev–Trinajstić information content (AvgIpc) is 3.00. The van der Waals surface area contributed by atoms with Crippen LogP contribution in [-0.4, -0.2) is 41.1 Å². The number of aromatic nitrogens is 3. The van der Waals surface area contributed by atoms with Crippen LogP contribution in [0, 0.1) is 11.6 Å². The molecule has 1 aliphatic heterocycles. The van der Waals surface area contributed by atoms with E-state index >= 15 is 0 Å². The molecule has 1 aromatic carbocycles. The third-order valence-electron chi connectivity index (χ3n) is 3.79. The molecule has 4 rings (SSSR count). The number of thiazole rings is 1. The molecule has 1 aliphatic rings. The number of piperazine rings is 1. The van der Waals surface area contributed by atoms with E-state index in [4.69, 9.17) is 0 Å². The highest BCUT2D eigenvalue weighted by molar-refractivity contribution is 7.22. The maximum absolute atomic E-state index is 13.8. The summed E-state index contributed by atoms with van der Waals surface area (Å²) in [7, 11) is 0. The number of hydrogen-bond acceptors (Lipinski definition) is 6. The molecule has 23 heavy (non-hydrogen) atoms. The number of rotatable bonds is 2. The van der Waals surface area contributed by atoms with Gasteiger partial charge in [-0.3, -0.25) is 0 Å². The molecule has 118 valence electrons. The quantitative estimate of drug-likeness (QED) is 0.721. The number of fused-ring (bicyclic) bond motifs is 1.